The van der Waals surface area contributed by atoms with Crippen LogP contribution in [-0.2, 0) is 11.3 Å². The fourth-order valence-electron chi connectivity index (χ4n) is 3.69. The van der Waals surface area contributed by atoms with Crippen molar-refractivity contribution in [3.05, 3.63) is 66.2 Å². The molecule has 0 saturated heterocycles. The molecule has 168 valence electrons. The van der Waals surface area contributed by atoms with Gasteiger partial charge in [-0.05, 0) is 25.0 Å². The highest BCUT2D eigenvalue weighted by atomic mass is 35.5. The van der Waals surface area contributed by atoms with Gasteiger partial charge >= 0.3 is 0 Å². The number of unbranched alkanes of at least 4 members (excludes halogenated alkanes) is 5. The Morgan fingerprint density at radius 1 is 0.700 bits per heavy atom. The van der Waals surface area contributed by atoms with Crippen molar-refractivity contribution in [2.24, 2.45) is 0 Å². The monoisotopic (exact) mass is 433 g/mol. The number of hydrogen-bond donors (Lipinski definition) is 0. The minimum absolute atomic E-state index is 0. The van der Waals surface area contributed by atoms with E-state index in [1.165, 1.54) is 50.6 Å². The Morgan fingerprint density at radius 3 is 2.03 bits per heavy atom. The van der Waals surface area contributed by atoms with Crippen LogP contribution in [0.15, 0.2) is 60.7 Å². The molecule has 0 bridgehead atoms. The van der Waals surface area contributed by atoms with Crippen LogP contribution >= 0.6 is 0 Å². The first-order chi connectivity index (χ1) is 14.2. The largest absolute Gasteiger partial charge is 1.00 e. The van der Waals surface area contributed by atoms with Crippen LogP contribution in [0.2, 0.25) is 0 Å². The number of nitrogens with zero attached hydrogens (tertiary/aromatic N) is 1. The summed E-state index contributed by atoms with van der Waals surface area (Å²) >= 11 is 0. The summed E-state index contributed by atoms with van der Waals surface area (Å²) in [7, 11) is 2.38. The maximum Gasteiger partial charge on any atom is 0.119 e. The highest BCUT2D eigenvalue weighted by Gasteiger charge is 2.21. The molecule has 0 spiro atoms. The minimum atomic E-state index is 0. The van der Waals surface area contributed by atoms with E-state index in [-0.39, 0.29) is 12.4 Å². The van der Waals surface area contributed by atoms with E-state index in [1.54, 1.807) is 0 Å². The molecular formula is C26H40ClNO2. The molecule has 30 heavy (non-hydrogen) atoms. The first-order valence-electron chi connectivity index (χ1n) is 11.3. The van der Waals surface area contributed by atoms with E-state index >= 15 is 0 Å². The Balaban J connectivity index is 0.00000450. The summed E-state index contributed by atoms with van der Waals surface area (Å²) in [4.78, 5) is 0. The Hall–Kier alpha value is -1.55. The maximum atomic E-state index is 5.91. The van der Waals surface area contributed by atoms with E-state index in [0.717, 1.165) is 29.9 Å². The molecule has 0 aliphatic rings. The SMILES string of the molecule is CCCCCCCC[N+](C)(CCOCCOc1ccccc1)Cc1ccccc1.[Cl-]. The number of rotatable bonds is 16. The normalized spacial score (nSPS) is 12.7. The predicted octanol–water partition coefficient (Wildman–Crippen LogP) is 3.09. The van der Waals surface area contributed by atoms with Crippen molar-refractivity contribution in [1.29, 1.82) is 0 Å². The van der Waals surface area contributed by atoms with Crippen molar-refractivity contribution >= 4 is 0 Å². The molecule has 2 aromatic carbocycles. The van der Waals surface area contributed by atoms with Crippen molar-refractivity contribution < 1.29 is 26.4 Å². The van der Waals surface area contributed by atoms with Crippen LogP contribution in [-0.4, -0.2) is 44.4 Å². The van der Waals surface area contributed by atoms with Gasteiger partial charge in [0.2, 0.25) is 0 Å². The highest BCUT2D eigenvalue weighted by molar-refractivity contribution is 5.20. The molecule has 3 nitrogen and oxygen atoms in total. The third kappa shape index (κ3) is 11.6. The van der Waals surface area contributed by atoms with Crippen molar-refractivity contribution in [3.8, 4) is 5.75 Å². The molecule has 1 atom stereocenters. The number of likely N-dealkylation sites (N-methyl/N-ethyl adjacent to an activating group) is 1. The second-order valence-corrected chi connectivity index (χ2v) is 8.25. The summed E-state index contributed by atoms with van der Waals surface area (Å²) in [6.45, 7) is 7.61. The molecule has 0 aromatic heterocycles. The molecule has 0 radical (unpaired) electrons. The molecule has 0 N–H and O–H groups in total. The van der Waals surface area contributed by atoms with Gasteiger partial charge in [0.05, 0.1) is 26.8 Å². The zero-order chi connectivity index (χ0) is 20.6. The molecule has 4 heteroatoms. The summed E-state index contributed by atoms with van der Waals surface area (Å²) in [5, 5.41) is 0. The predicted molar refractivity (Wildman–Crippen MR) is 122 cm³/mol. The van der Waals surface area contributed by atoms with E-state index < -0.39 is 0 Å². The highest BCUT2D eigenvalue weighted by Crippen LogP contribution is 2.15. The van der Waals surface area contributed by atoms with Crippen molar-refractivity contribution in [2.75, 3.05) is 40.0 Å². The third-order valence-electron chi connectivity index (χ3n) is 5.47. The zero-order valence-electron chi connectivity index (χ0n) is 18.9. The molecule has 2 rings (SSSR count). The second kappa shape index (κ2) is 16.2. The Bertz CT molecular complexity index is 638. The van der Waals surface area contributed by atoms with E-state index in [4.69, 9.17) is 9.47 Å². The summed E-state index contributed by atoms with van der Waals surface area (Å²) in [6, 6.07) is 20.8. The lowest BCUT2D eigenvalue weighted by atomic mass is 10.1. The van der Waals surface area contributed by atoms with Crippen LogP contribution in [0.1, 0.15) is 51.0 Å². The van der Waals surface area contributed by atoms with E-state index in [1.807, 2.05) is 30.3 Å². The Morgan fingerprint density at radius 2 is 1.33 bits per heavy atom. The quantitative estimate of drug-likeness (QED) is 0.299. The van der Waals surface area contributed by atoms with Crippen molar-refractivity contribution in [2.45, 2.75) is 52.0 Å². The lowest BCUT2D eigenvalue weighted by Crippen LogP contribution is -3.00. The van der Waals surface area contributed by atoms with Crippen LogP contribution in [0.4, 0.5) is 0 Å². The van der Waals surface area contributed by atoms with Crippen LogP contribution in [0, 0.1) is 0 Å². The van der Waals surface area contributed by atoms with Gasteiger partial charge in [0.1, 0.15) is 25.4 Å². The Kier molecular flexibility index (Phi) is 14.3. The van der Waals surface area contributed by atoms with Gasteiger partial charge in [0, 0.05) is 5.56 Å². The number of quaternary nitrogens is 1. The summed E-state index contributed by atoms with van der Waals surface area (Å²) in [6.07, 6.45) is 8.07. The first kappa shape index (κ1) is 26.5. The van der Waals surface area contributed by atoms with E-state index in [0.29, 0.717) is 13.2 Å². The number of para-hydroxylation sites is 1. The number of hydrogen-bond acceptors (Lipinski definition) is 2. The van der Waals surface area contributed by atoms with Crippen LogP contribution in [0.3, 0.4) is 0 Å². The van der Waals surface area contributed by atoms with Gasteiger partial charge in [-0.2, -0.15) is 0 Å². The maximum absolute atomic E-state index is 5.91. The lowest BCUT2D eigenvalue weighted by Gasteiger charge is -2.35. The molecule has 0 fully saturated rings. The van der Waals surface area contributed by atoms with E-state index in [2.05, 4.69) is 44.3 Å². The molecule has 0 aliphatic heterocycles. The molecular weight excluding hydrogens is 394 g/mol. The average Bonchev–Trinajstić information content (AvgIpc) is 2.75. The van der Waals surface area contributed by atoms with E-state index in [9.17, 15) is 0 Å². The molecule has 0 aliphatic carbocycles. The van der Waals surface area contributed by atoms with Crippen LogP contribution < -0.4 is 17.1 Å². The molecule has 0 heterocycles. The number of ether oxygens (including phenoxy) is 2. The second-order valence-electron chi connectivity index (χ2n) is 8.25. The Labute approximate surface area is 190 Å². The topological polar surface area (TPSA) is 18.5 Å². The van der Waals surface area contributed by atoms with Gasteiger partial charge in [-0.25, -0.2) is 0 Å². The van der Waals surface area contributed by atoms with Crippen molar-refractivity contribution in [1.82, 2.24) is 0 Å². The molecule has 0 saturated carbocycles. The summed E-state index contributed by atoms with van der Waals surface area (Å²) in [5.41, 5.74) is 1.41. The lowest BCUT2D eigenvalue weighted by molar-refractivity contribution is -0.923. The van der Waals surface area contributed by atoms with Crippen molar-refractivity contribution in [3.63, 3.8) is 0 Å². The fraction of sp³-hybridized carbons (Fsp3) is 0.538. The van der Waals surface area contributed by atoms with Gasteiger partial charge in [-0.1, -0.05) is 81.1 Å². The standard InChI is InChI=1S/C26H40NO2.ClH/c1-3-4-5-6-7-14-19-27(2,24-25-15-10-8-11-16-25)20-21-28-22-23-29-26-17-12-9-13-18-26;/h8-13,15-18H,3-7,14,19-24H2,1-2H3;1H/q+1;/p-1. The van der Waals surface area contributed by atoms with Gasteiger partial charge in [0.25, 0.3) is 0 Å². The molecule has 0 amide bonds. The minimum Gasteiger partial charge on any atom is -1.00 e. The van der Waals surface area contributed by atoms with Gasteiger partial charge < -0.3 is 26.4 Å². The summed E-state index contributed by atoms with van der Waals surface area (Å²) < 4.78 is 12.7. The number of benzene rings is 2. The van der Waals surface area contributed by atoms with Crippen LogP contribution in [0.25, 0.3) is 0 Å². The fourth-order valence-corrected chi connectivity index (χ4v) is 3.69. The first-order valence-corrected chi connectivity index (χ1v) is 11.3. The smallest absolute Gasteiger partial charge is 0.119 e. The van der Waals surface area contributed by atoms with Crippen LogP contribution in [0.5, 0.6) is 5.75 Å². The molecule has 1 unspecified atom stereocenters. The number of halogens is 1. The summed E-state index contributed by atoms with van der Waals surface area (Å²) in [5.74, 6) is 0.906. The van der Waals surface area contributed by atoms with Gasteiger partial charge in [-0.15, -0.1) is 0 Å². The van der Waals surface area contributed by atoms with Gasteiger partial charge in [-0.3, -0.25) is 0 Å². The third-order valence-corrected chi connectivity index (χ3v) is 5.47. The van der Waals surface area contributed by atoms with Gasteiger partial charge in [0.15, 0.2) is 0 Å². The zero-order valence-corrected chi connectivity index (χ0v) is 19.7. The average molecular weight is 434 g/mol. The molecule has 2 aromatic rings.